The molecule has 0 unspecified atom stereocenters. The molecular formula is C22H22ClN5O3S. The fraction of sp³-hybridized carbons (Fsp3) is 0.182. The zero-order chi connectivity index (χ0) is 22.9. The summed E-state index contributed by atoms with van der Waals surface area (Å²) < 4.78 is 6.96. The largest absolute Gasteiger partial charge is 0.497 e. The van der Waals surface area contributed by atoms with Crippen LogP contribution in [0.1, 0.15) is 16.2 Å². The first kappa shape index (κ1) is 23.4. The van der Waals surface area contributed by atoms with Gasteiger partial charge < -0.3 is 19.9 Å². The van der Waals surface area contributed by atoms with Crippen LogP contribution in [-0.2, 0) is 17.9 Å². The molecule has 1 aromatic heterocycles. The van der Waals surface area contributed by atoms with Crippen LogP contribution in [0.2, 0.25) is 5.02 Å². The number of amides is 2. The van der Waals surface area contributed by atoms with Crippen LogP contribution >= 0.6 is 23.4 Å². The van der Waals surface area contributed by atoms with Crippen molar-refractivity contribution in [2.75, 3.05) is 18.2 Å². The van der Waals surface area contributed by atoms with Crippen molar-refractivity contribution in [2.45, 2.75) is 18.2 Å². The number of ether oxygens (including phenoxy) is 1. The summed E-state index contributed by atoms with van der Waals surface area (Å²) in [5.41, 5.74) is 1.03. The predicted molar refractivity (Wildman–Crippen MR) is 125 cm³/mol. The van der Waals surface area contributed by atoms with Gasteiger partial charge in [-0.2, -0.15) is 0 Å². The number of thioether (sulfide) groups is 1. The summed E-state index contributed by atoms with van der Waals surface area (Å²) in [6.07, 6.45) is 1.70. The van der Waals surface area contributed by atoms with E-state index in [1.54, 1.807) is 66.3 Å². The Morgan fingerprint density at radius 1 is 1.22 bits per heavy atom. The number of methoxy groups -OCH3 is 1. The summed E-state index contributed by atoms with van der Waals surface area (Å²) in [4.78, 5) is 24.8. The summed E-state index contributed by atoms with van der Waals surface area (Å²) in [5.74, 6) is 0.838. The van der Waals surface area contributed by atoms with E-state index in [0.29, 0.717) is 39.5 Å². The smallest absolute Gasteiger partial charge is 0.253 e. The van der Waals surface area contributed by atoms with Crippen molar-refractivity contribution >= 4 is 40.9 Å². The van der Waals surface area contributed by atoms with Gasteiger partial charge >= 0.3 is 0 Å². The molecule has 0 radical (unpaired) electrons. The molecule has 0 spiro atoms. The lowest BCUT2D eigenvalue weighted by Gasteiger charge is -2.10. The third-order valence-electron chi connectivity index (χ3n) is 4.32. The molecule has 2 aromatic carbocycles. The molecule has 0 saturated heterocycles. The maximum Gasteiger partial charge on any atom is 0.253 e. The number of carbonyl (C=O) groups is 2. The van der Waals surface area contributed by atoms with Gasteiger partial charge in [-0.3, -0.25) is 9.59 Å². The molecule has 0 atom stereocenters. The zero-order valence-electron chi connectivity index (χ0n) is 17.4. The van der Waals surface area contributed by atoms with E-state index in [9.17, 15) is 9.59 Å². The molecule has 0 aliphatic rings. The van der Waals surface area contributed by atoms with Crippen LogP contribution < -0.4 is 15.4 Å². The maximum absolute atomic E-state index is 12.4. The second-order valence-electron chi connectivity index (χ2n) is 6.53. The molecule has 0 saturated carbocycles. The highest BCUT2D eigenvalue weighted by Crippen LogP contribution is 2.20. The lowest BCUT2D eigenvalue weighted by molar-refractivity contribution is -0.113. The fourth-order valence-electron chi connectivity index (χ4n) is 2.80. The van der Waals surface area contributed by atoms with Gasteiger partial charge in [0.2, 0.25) is 5.91 Å². The number of aromatic nitrogens is 3. The second kappa shape index (κ2) is 11.4. The highest BCUT2D eigenvalue weighted by molar-refractivity contribution is 7.99. The first-order chi connectivity index (χ1) is 15.5. The maximum atomic E-state index is 12.4. The Morgan fingerprint density at radius 2 is 2.03 bits per heavy atom. The molecule has 166 valence electrons. The topological polar surface area (TPSA) is 98.1 Å². The van der Waals surface area contributed by atoms with Crippen LogP contribution in [-0.4, -0.2) is 39.4 Å². The molecule has 3 rings (SSSR count). The Bertz CT molecular complexity index is 1120. The van der Waals surface area contributed by atoms with Gasteiger partial charge in [-0.15, -0.1) is 16.8 Å². The lowest BCUT2D eigenvalue weighted by atomic mass is 10.2. The quantitative estimate of drug-likeness (QED) is 0.345. The van der Waals surface area contributed by atoms with E-state index in [4.69, 9.17) is 16.3 Å². The van der Waals surface area contributed by atoms with Gasteiger partial charge in [0.05, 0.1) is 30.0 Å². The SMILES string of the molecule is C=CCn1c(CNC(=O)c2ccccc2Cl)nnc1SCC(=O)Nc1cccc(OC)c1. The summed E-state index contributed by atoms with van der Waals surface area (Å²) in [5, 5.41) is 14.9. The Labute approximate surface area is 195 Å². The number of nitrogens with one attached hydrogen (secondary N) is 2. The van der Waals surface area contributed by atoms with Crippen LogP contribution in [0.3, 0.4) is 0 Å². The third kappa shape index (κ3) is 6.12. The minimum Gasteiger partial charge on any atom is -0.497 e. The molecule has 8 nitrogen and oxygen atoms in total. The molecule has 3 aromatic rings. The molecule has 0 fully saturated rings. The number of benzene rings is 2. The van der Waals surface area contributed by atoms with E-state index in [1.807, 2.05) is 0 Å². The molecule has 0 bridgehead atoms. The van der Waals surface area contributed by atoms with E-state index >= 15 is 0 Å². The van der Waals surface area contributed by atoms with E-state index < -0.39 is 0 Å². The van der Waals surface area contributed by atoms with E-state index in [0.717, 1.165) is 0 Å². The van der Waals surface area contributed by atoms with Crippen molar-refractivity contribution in [3.63, 3.8) is 0 Å². The van der Waals surface area contributed by atoms with Crippen LogP contribution in [0.5, 0.6) is 5.75 Å². The van der Waals surface area contributed by atoms with Crippen molar-refractivity contribution in [3.05, 3.63) is 77.6 Å². The molecule has 10 heteroatoms. The van der Waals surface area contributed by atoms with E-state index in [1.165, 1.54) is 11.8 Å². The van der Waals surface area contributed by atoms with E-state index in [-0.39, 0.29) is 24.1 Å². The minimum absolute atomic E-state index is 0.137. The Hall–Kier alpha value is -3.30. The molecule has 32 heavy (non-hydrogen) atoms. The fourth-order valence-corrected chi connectivity index (χ4v) is 3.79. The number of hydrogen-bond donors (Lipinski definition) is 2. The molecule has 0 aliphatic carbocycles. The van der Waals surface area contributed by atoms with Gasteiger partial charge in [-0.05, 0) is 24.3 Å². The summed E-state index contributed by atoms with van der Waals surface area (Å²) in [6.45, 7) is 4.35. The third-order valence-corrected chi connectivity index (χ3v) is 5.61. The zero-order valence-corrected chi connectivity index (χ0v) is 18.9. The van der Waals surface area contributed by atoms with Gasteiger partial charge in [0, 0.05) is 18.3 Å². The van der Waals surface area contributed by atoms with Gasteiger partial charge in [-0.25, -0.2) is 0 Å². The number of nitrogens with zero attached hydrogens (tertiary/aromatic N) is 3. The normalized spacial score (nSPS) is 10.4. The molecular weight excluding hydrogens is 450 g/mol. The Balaban J connectivity index is 1.61. The van der Waals surface area contributed by atoms with Crippen molar-refractivity contribution < 1.29 is 14.3 Å². The number of halogens is 1. The van der Waals surface area contributed by atoms with Gasteiger partial charge in [0.15, 0.2) is 11.0 Å². The van der Waals surface area contributed by atoms with E-state index in [2.05, 4.69) is 27.4 Å². The number of hydrogen-bond acceptors (Lipinski definition) is 6. The number of rotatable bonds is 10. The Morgan fingerprint density at radius 3 is 2.78 bits per heavy atom. The first-order valence-electron chi connectivity index (χ1n) is 9.64. The monoisotopic (exact) mass is 471 g/mol. The number of anilines is 1. The van der Waals surface area contributed by atoms with Crippen molar-refractivity contribution in [2.24, 2.45) is 0 Å². The highest BCUT2D eigenvalue weighted by Gasteiger charge is 2.16. The Kier molecular flexibility index (Phi) is 8.29. The standard InChI is InChI=1S/C22H22ClN5O3S/c1-3-11-28-19(13-24-21(30)17-9-4-5-10-18(17)23)26-27-22(28)32-14-20(29)25-15-7-6-8-16(12-15)31-2/h3-10,12H,1,11,13-14H2,2H3,(H,24,30)(H,25,29). The minimum atomic E-state index is -0.310. The second-order valence-corrected chi connectivity index (χ2v) is 7.88. The van der Waals surface area contributed by atoms with Gasteiger partial charge in [0.25, 0.3) is 5.91 Å². The lowest BCUT2D eigenvalue weighted by Crippen LogP contribution is -2.25. The van der Waals surface area contributed by atoms with Gasteiger partial charge in [0.1, 0.15) is 5.75 Å². The number of allylic oxidation sites excluding steroid dienone is 1. The van der Waals surface area contributed by atoms with Crippen molar-refractivity contribution in [1.82, 2.24) is 20.1 Å². The molecule has 0 aliphatic heterocycles. The van der Waals surface area contributed by atoms with Crippen LogP contribution in [0.15, 0.2) is 66.3 Å². The van der Waals surface area contributed by atoms with Crippen LogP contribution in [0.25, 0.3) is 0 Å². The molecule has 1 heterocycles. The van der Waals surface area contributed by atoms with Crippen molar-refractivity contribution in [1.29, 1.82) is 0 Å². The van der Waals surface area contributed by atoms with Crippen molar-refractivity contribution in [3.8, 4) is 5.75 Å². The van der Waals surface area contributed by atoms with Crippen LogP contribution in [0, 0.1) is 0 Å². The molecule has 2 amide bonds. The summed E-state index contributed by atoms with van der Waals surface area (Å²) >= 11 is 7.32. The molecule has 2 N–H and O–H groups in total. The van der Waals surface area contributed by atoms with Gasteiger partial charge in [-0.1, -0.05) is 47.6 Å². The number of carbonyl (C=O) groups excluding carboxylic acids is 2. The predicted octanol–water partition coefficient (Wildman–Crippen LogP) is 3.79. The summed E-state index contributed by atoms with van der Waals surface area (Å²) in [6, 6.07) is 13.9. The average Bonchev–Trinajstić information content (AvgIpc) is 3.18. The first-order valence-corrected chi connectivity index (χ1v) is 11.0. The summed E-state index contributed by atoms with van der Waals surface area (Å²) in [7, 11) is 1.57. The average molecular weight is 472 g/mol. The van der Waals surface area contributed by atoms with Crippen LogP contribution in [0.4, 0.5) is 5.69 Å². The highest BCUT2D eigenvalue weighted by atomic mass is 35.5.